The van der Waals surface area contributed by atoms with Crippen LogP contribution in [0, 0.1) is 0 Å². The van der Waals surface area contributed by atoms with E-state index in [1.54, 1.807) is 41.3 Å². The lowest BCUT2D eigenvalue weighted by Crippen LogP contribution is -2.28. The van der Waals surface area contributed by atoms with Crippen LogP contribution in [0.25, 0.3) is 5.69 Å². The van der Waals surface area contributed by atoms with Crippen molar-refractivity contribution in [1.29, 1.82) is 0 Å². The highest BCUT2D eigenvalue weighted by Crippen LogP contribution is 2.28. The molecule has 0 aliphatic heterocycles. The molecule has 0 saturated carbocycles. The molecule has 4 rings (SSSR count). The molecular weight excluding hydrogens is 418 g/mol. The quantitative estimate of drug-likeness (QED) is 0.480. The van der Waals surface area contributed by atoms with E-state index in [1.807, 2.05) is 30.3 Å². The van der Waals surface area contributed by atoms with Gasteiger partial charge in [-0.2, -0.15) is 10.2 Å². The molecule has 0 saturated heterocycles. The fourth-order valence-electron chi connectivity index (χ4n) is 2.93. The number of anilines is 1. The second kappa shape index (κ2) is 9.27. The monoisotopic (exact) mass is 435 g/mol. The number of nitrogens with one attached hydrogen (secondary N) is 1. The SMILES string of the molecule is O=C(Nc1cccc(Cl)c1-n1cccn1)c1ccc(=O)n(CCOc2ccccc2)n1. The highest BCUT2D eigenvalue weighted by atomic mass is 35.5. The molecule has 1 amide bonds. The van der Waals surface area contributed by atoms with E-state index in [1.165, 1.54) is 16.8 Å². The van der Waals surface area contributed by atoms with Gasteiger partial charge in [-0.1, -0.05) is 35.9 Å². The number of hydrogen-bond acceptors (Lipinski definition) is 5. The third-order valence-electron chi connectivity index (χ3n) is 4.38. The minimum absolute atomic E-state index is 0.0886. The zero-order valence-electron chi connectivity index (χ0n) is 16.3. The first-order valence-corrected chi connectivity index (χ1v) is 9.85. The number of para-hydroxylation sites is 2. The van der Waals surface area contributed by atoms with E-state index in [4.69, 9.17) is 16.3 Å². The number of aromatic nitrogens is 4. The van der Waals surface area contributed by atoms with Gasteiger partial charge in [0.2, 0.25) is 0 Å². The van der Waals surface area contributed by atoms with Crippen LogP contribution < -0.4 is 15.6 Å². The summed E-state index contributed by atoms with van der Waals surface area (Å²) in [6, 6.07) is 18.8. The lowest BCUT2D eigenvalue weighted by atomic mass is 10.2. The van der Waals surface area contributed by atoms with Gasteiger partial charge >= 0.3 is 0 Å². The van der Waals surface area contributed by atoms with E-state index in [2.05, 4.69) is 15.5 Å². The molecule has 0 radical (unpaired) electrons. The second-order valence-electron chi connectivity index (χ2n) is 6.48. The topological polar surface area (TPSA) is 91.0 Å². The number of carbonyl (C=O) groups excluding carboxylic acids is 1. The molecular formula is C22H18ClN5O3. The molecule has 0 aliphatic carbocycles. The standard InChI is InChI=1S/C22H18ClN5O3/c23-17-8-4-9-18(21(17)28-13-5-12-24-28)25-22(30)19-10-11-20(29)27(26-19)14-15-31-16-6-2-1-3-7-16/h1-13H,14-15H2,(H,25,30). The first-order chi connectivity index (χ1) is 15.1. The molecule has 156 valence electrons. The van der Waals surface area contributed by atoms with Gasteiger partial charge in [0.1, 0.15) is 23.7 Å². The highest BCUT2D eigenvalue weighted by Gasteiger charge is 2.15. The minimum atomic E-state index is -0.478. The summed E-state index contributed by atoms with van der Waals surface area (Å²) in [5, 5.41) is 11.6. The van der Waals surface area contributed by atoms with E-state index < -0.39 is 5.91 Å². The molecule has 2 heterocycles. The molecule has 4 aromatic rings. The van der Waals surface area contributed by atoms with Crippen LogP contribution in [0.1, 0.15) is 10.5 Å². The highest BCUT2D eigenvalue weighted by molar-refractivity contribution is 6.33. The predicted octanol–water partition coefficient (Wildman–Crippen LogP) is 3.41. The van der Waals surface area contributed by atoms with Crippen LogP contribution in [0.5, 0.6) is 5.75 Å². The van der Waals surface area contributed by atoms with E-state index in [9.17, 15) is 9.59 Å². The number of nitrogens with zero attached hydrogens (tertiary/aromatic N) is 4. The maximum atomic E-state index is 12.8. The Kier molecular flexibility index (Phi) is 6.09. The molecule has 0 aliphatic rings. The van der Waals surface area contributed by atoms with E-state index >= 15 is 0 Å². The molecule has 0 unspecified atom stereocenters. The van der Waals surface area contributed by atoms with Crippen LogP contribution in [0.3, 0.4) is 0 Å². The Hall–Kier alpha value is -3.91. The number of hydrogen-bond donors (Lipinski definition) is 1. The summed E-state index contributed by atoms with van der Waals surface area (Å²) < 4.78 is 8.37. The average molecular weight is 436 g/mol. The minimum Gasteiger partial charge on any atom is -0.492 e. The van der Waals surface area contributed by atoms with Crippen molar-refractivity contribution in [1.82, 2.24) is 19.6 Å². The van der Waals surface area contributed by atoms with E-state index in [-0.39, 0.29) is 24.4 Å². The van der Waals surface area contributed by atoms with Gasteiger partial charge in [0.25, 0.3) is 11.5 Å². The van der Waals surface area contributed by atoms with Crippen molar-refractivity contribution in [3.05, 3.63) is 100 Å². The maximum absolute atomic E-state index is 12.8. The Morgan fingerprint density at radius 1 is 1.03 bits per heavy atom. The summed E-state index contributed by atoms with van der Waals surface area (Å²) in [5.74, 6) is 0.213. The largest absolute Gasteiger partial charge is 0.492 e. The molecule has 0 atom stereocenters. The van der Waals surface area contributed by atoms with E-state index in [0.29, 0.717) is 22.1 Å². The lowest BCUT2D eigenvalue weighted by Gasteiger charge is -2.13. The van der Waals surface area contributed by atoms with Crippen LogP contribution in [-0.4, -0.2) is 32.1 Å². The van der Waals surface area contributed by atoms with Crippen molar-refractivity contribution in [3.8, 4) is 11.4 Å². The smallest absolute Gasteiger partial charge is 0.276 e. The van der Waals surface area contributed by atoms with Gasteiger partial charge in [-0.25, -0.2) is 9.36 Å². The zero-order chi connectivity index (χ0) is 21.6. The third kappa shape index (κ3) is 4.81. The van der Waals surface area contributed by atoms with Crippen LogP contribution >= 0.6 is 11.6 Å². The number of rotatable bonds is 7. The Morgan fingerprint density at radius 3 is 2.65 bits per heavy atom. The fourth-order valence-corrected chi connectivity index (χ4v) is 3.19. The molecule has 1 N–H and O–H groups in total. The molecule has 2 aromatic carbocycles. The molecule has 9 heteroatoms. The molecule has 0 bridgehead atoms. The summed E-state index contributed by atoms with van der Waals surface area (Å²) >= 11 is 6.32. The summed E-state index contributed by atoms with van der Waals surface area (Å²) in [6.07, 6.45) is 3.34. The Morgan fingerprint density at radius 2 is 1.87 bits per heavy atom. The van der Waals surface area contributed by atoms with E-state index in [0.717, 1.165) is 0 Å². The fraction of sp³-hybridized carbons (Fsp3) is 0.0909. The number of benzene rings is 2. The van der Waals surface area contributed by atoms with Crippen LogP contribution in [-0.2, 0) is 6.54 Å². The Balaban J connectivity index is 1.50. The van der Waals surface area contributed by atoms with Gasteiger partial charge in [-0.15, -0.1) is 0 Å². The second-order valence-corrected chi connectivity index (χ2v) is 6.89. The molecule has 8 nitrogen and oxygen atoms in total. The van der Waals surface area contributed by atoms with Crippen molar-refractivity contribution in [2.24, 2.45) is 0 Å². The van der Waals surface area contributed by atoms with Gasteiger partial charge in [-0.3, -0.25) is 9.59 Å². The van der Waals surface area contributed by atoms with Gasteiger partial charge in [0.15, 0.2) is 0 Å². The van der Waals surface area contributed by atoms with Crippen molar-refractivity contribution in [3.63, 3.8) is 0 Å². The summed E-state index contributed by atoms with van der Waals surface area (Å²) in [5.41, 5.74) is 0.763. The number of halogens is 1. The maximum Gasteiger partial charge on any atom is 0.276 e. The van der Waals surface area contributed by atoms with Crippen molar-refractivity contribution in [2.45, 2.75) is 6.54 Å². The first-order valence-electron chi connectivity index (χ1n) is 9.48. The Labute approximate surface area is 182 Å². The van der Waals surface area contributed by atoms with Gasteiger partial charge in [0, 0.05) is 18.5 Å². The average Bonchev–Trinajstić information content (AvgIpc) is 3.30. The van der Waals surface area contributed by atoms with Gasteiger partial charge in [0.05, 0.1) is 17.3 Å². The van der Waals surface area contributed by atoms with Crippen LogP contribution in [0.15, 0.2) is 83.9 Å². The molecule has 2 aromatic heterocycles. The predicted molar refractivity (Wildman–Crippen MR) is 117 cm³/mol. The van der Waals surface area contributed by atoms with Gasteiger partial charge < -0.3 is 10.1 Å². The summed E-state index contributed by atoms with van der Waals surface area (Å²) in [4.78, 5) is 24.9. The molecule has 0 spiro atoms. The zero-order valence-corrected chi connectivity index (χ0v) is 17.1. The van der Waals surface area contributed by atoms with Crippen molar-refractivity contribution in [2.75, 3.05) is 11.9 Å². The van der Waals surface area contributed by atoms with Gasteiger partial charge in [-0.05, 0) is 36.4 Å². The molecule has 0 fully saturated rings. The van der Waals surface area contributed by atoms with Crippen LogP contribution in [0.4, 0.5) is 5.69 Å². The summed E-state index contributed by atoms with van der Waals surface area (Å²) in [6.45, 7) is 0.435. The van der Waals surface area contributed by atoms with Crippen molar-refractivity contribution >= 4 is 23.2 Å². The molecule has 31 heavy (non-hydrogen) atoms. The number of carbonyl (C=O) groups is 1. The number of ether oxygens (including phenoxy) is 1. The number of amides is 1. The normalized spacial score (nSPS) is 10.6. The lowest BCUT2D eigenvalue weighted by molar-refractivity contribution is 0.101. The summed E-state index contributed by atoms with van der Waals surface area (Å²) in [7, 11) is 0. The van der Waals surface area contributed by atoms with Crippen LogP contribution in [0.2, 0.25) is 5.02 Å². The third-order valence-corrected chi connectivity index (χ3v) is 4.69. The first kappa shape index (κ1) is 20.4. The van der Waals surface area contributed by atoms with Crippen molar-refractivity contribution < 1.29 is 9.53 Å². The Bertz CT molecular complexity index is 1240.